The minimum atomic E-state index is 0.226. The van der Waals surface area contributed by atoms with E-state index in [1.54, 1.807) is 11.3 Å². The second-order valence-electron chi connectivity index (χ2n) is 3.10. The van der Waals surface area contributed by atoms with Gasteiger partial charge in [-0.15, -0.1) is 11.3 Å². The third kappa shape index (κ3) is 1.90. The van der Waals surface area contributed by atoms with Crippen LogP contribution in [0.2, 0.25) is 0 Å². The van der Waals surface area contributed by atoms with Crippen LogP contribution in [0.4, 0.5) is 0 Å². The third-order valence-corrected chi connectivity index (χ3v) is 3.04. The predicted octanol–water partition coefficient (Wildman–Crippen LogP) is 2.16. The number of hydrogen-bond donors (Lipinski definition) is 2. The summed E-state index contributed by atoms with van der Waals surface area (Å²) in [5, 5.41) is 8.19. The molecule has 4 heteroatoms. The first-order valence-electron chi connectivity index (χ1n) is 4.43. The van der Waals surface area contributed by atoms with E-state index in [1.807, 2.05) is 18.2 Å². The Balaban J connectivity index is 2.22. The molecule has 0 fully saturated rings. The molecule has 1 aromatic heterocycles. The highest BCUT2D eigenvalue weighted by atomic mass is 32.1. The number of amidine groups is 1. The fraction of sp³-hybridized carbons (Fsp3) is 0.200. The zero-order chi connectivity index (χ0) is 9.97. The number of thiazole rings is 1. The summed E-state index contributed by atoms with van der Waals surface area (Å²) in [6.07, 6.45) is 1.37. The summed E-state index contributed by atoms with van der Waals surface area (Å²) < 4.78 is 1.20. The number of rotatable bonds is 3. The molecule has 0 bridgehead atoms. The summed E-state index contributed by atoms with van der Waals surface area (Å²) in [6, 6.07) is 8.06. The topological polar surface area (TPSA) is 62.8 Å². The lowest BCUT2D eigenvalue weighted by Gasteiger charge is -1.92. The predicted molar refractivity (Wildman–Crippen MR) is 59.9 cm³/mol. The standard InChI is InChI=1S/C10H11N3S/c11-9(12)5-6-10-13-7-3-1-2-4-8(7)14-10/h1-4H,5-6H2,(H3,11,12). The molecule has 3 nitrogen and oxygen atoms in total. The average Bonchev–Trinajstić information content (AvgIpc) is 2.57. The molecule has 0 radical (unpaired) electrons. The third-order valence-electron chi connectivity index (χ3n) is 1.95. The number of fused-ring (bicyclic) bond motifs is 1. The number of aryl methyl sites for hydroxylation is 1. The number of nitrogens with one attached hydrogen (secondary N) is 1. The molecular formula is C10H11N3S. The summed E-state index contributed by atoms with van der Waals surface area (Å²) in [5.74, 6) is 0.226. The molecule has 0 saturated heterocycles. The van der Waals surface area contributed by atoms with Crippen LogP contribution >= 0.6 is 11.3 Å². The van der Waals surface area contributed by atoms with E-state index in [-0.39, 0.29) is 5.84 Å². The second-order valence-corrected chi connectivity index (χ2v) is 4.22. The van der Waals surface area contributed by atoms with E-state index in [4.69, 9.17) is 11.1 Å². The molecule has 0 unspecified atom stereocenters. The van der Waals surface area contributed by atoms with E-state index in [0.717, 1.165) is 16.9 Å². The fourth-order valence-corrected chi connectivity index (χ4v) is 2.24. The maximum absolute atomic E-state index is 7.13. The van der Waals surface area contributed by atoms with Crippen molar-refractivity contribution in [1.82, 2.24) is 4.98 Å². The van der Waals surface area contributed by atoms with Crippen LogP contribution in [0.15, 0.2) is 24.3 Å². The Morgan fingerprint density at radius 3 is 2.93 bits per heavy atom. The van der Waals surface area contributed by atoms with Gasteiger partial charge in [0.25, 0.3) is 0 Å². The van der Waals surface area contributed by atoms with Gasteiger partial charge < -0.3 is 5.73 Å². The molecule has 14 heavy (non-hydrogen) atoms. The zero-order valence-corrected chi connectivity index (χ0v) is 8.47. The molecule has 2 aromatic rings. The summed E-state index contributed by atoms with van der Waals surface area (Å²) >= 11 is 1.68. The van der Waals surface area contributed by atoms with Gasteiger partial charge in [-0.3, -0.25) is 5.41 Å². The van der Waals surface area contributed by atoms with E-state index < -0.39 is 0 Å². The van der Waals surface area contributed by atoms with E-state index in [2.05, 4.69) is 11.1 Å². The number of para-hydroxylation sites is 1. The van der Waals surface area contributed by atoms with Crippen molar-refractivity contribution in [3.8, 4) is 0 Å². The van der Waals surface area contributed by atoms with Gasteiger partial charge in [-0.25, -0.2) is 4.98 Å². The van der Waals surface area contributed by atoms with E-state index >= 15 is 0 Å². The van der Waals surface area contributed by atoms with Gasteiger partial charge >= 0.3 is 0 Å². The Morgan fingerprint density at radius 1 is 1.43 bits per heavy atom. The first-order valence-corrected chi connectivity index (χ1v) is 5.25. The Hall–Kier alpha value is -1.42. The van der Waals surface area contributed by atoms with Crippen LogP contribution in [0, 0.1) is 5.41 Å². The second kappa shape index (κ2) is 3.75. The summed E-state index contributed by atoms with van der Waals surface area (Å²) in [6.45, 7) is 0. The van der Waals surface area contributed by atoms with Gasteiger partial charge in [0, 0.05) is 12.8 Å². The van der Waals surface area contributed by atoms with Gasteiger partial charge in [-0.05, 0) is 12.1 Å². The summed E-state index contributed by atoms with van der Waals surface area (Å²) in [7, 11) is 0. The smallest absolute Gasteiger partial charge is 0.0943 e. The number of benzene rings is 1. The van der Waals surface area contributed by atoms with Crippen LogP contribution in [0.1, 0.15) is 11.4 Å². The number of nitrogens with two attached hydrogens (primary N) is 1. The minimum Gasteiger partial charge on any atom is -0.388 e. The van der Waals surface area contributed by atoms with Crippen LogP contribution in [0.25, 0.3) is 10.2 Å². The van der Waals surface area contributed by atoms with Crippen molar-refractivity contribution in [2.75, 3.05) is 0 Å². The molecule has 0 aliphatic heterocycles. The van der Waals surface area contributed by atoms with Crippen LogP contribution < -0.4 is 5.73 Å². The van der Waals surface area contributed by atoms with Crippen LogP contribution in [0.3, 0.4) is 0 Å². The molecule has 1 heterocycles. The lowest BCUT2D eigenvalue weighted by Crippen LogP contribution is -2.09. The normalized spacial score (nSPS) is 10.6. The Morgan fingerprint density at radius 2 is 2.21 bits per heavy atom. The van der Waals surface area contributed by atoms with E-state index in [9.17, 15) is 0 Å². The van der Waals surface area contributed by atoms with Crippen molar-refractivity contribution in [3.63, 3.8) is 0 Å². The van der Waals surface area contributed by atoms with Gasteiger partial charge in [-0.2, -0.15) is 0 Å². The monoisotopic (exact) mass is 205 g/mol. The number of aromatic nitrogens is 1. The molecule has 1 aromatic carbocycles. The fourth-order valence-electron chi connectivity index (χ4n) is 1.27. The van der Waals surface area contributed by atoms with Crippen LogP contribution in [0.5, 0.6) is 0 Å². The molecule has 0 amide bonds. The van der Waals surface area contributed by atoms with Gasteiger partial charge in [-0.1, -0.05) is 12.1 Å². The van der Waals surface area contributed by atoms with Crippen molar-refractivity contribution < 1.29 is 0 Å². The van der Waals surface area contributed by atoms with Gasteiger partial charge in [0.05, 0.1) is 21.1 Å². The van der Waals surface area contributed by atoms with E-state index in [1.165, 1.54) is 4.70 Å². The molecule has 0 saturated carbocycles. The number of hydrogen-bond acceptors (Lipinski definition) is 3. The molecule has 2 rings (SSSR count). The first-order chi connectivity index (χ1) is 6.75. The Bertz CT molecular complexity index is 428. The summed E-state index contributed by atoms with van der Waals surface area (Å²) in [5.41, 5.74) is 6.33. The Labute approximate surface area is 86.1 Å². The van der Waals surface area contributed by atoms with Crippen molar-refractivity contribution in [2.24, 2.45) is 5.73 Å². The average molecular weight is 205 g/mol. The highest BCUT2D eigenvalue weighted by molar-refractivity contribution is 7.18. The lowest BCUT2D eigenvalue weighted by molar-refractivity contribution is 1.00. The van der Waals surface area contributed by atoms with E-state index in [0.29, 0.717) is 6.42 Å². The van der Waals surface area contributed by atoms with Gasteiger partial charge in [0.15, 0.2) is 0 Å². The maximum atomic E-state index is 7.13. The SMILES string of the molecule is N=C(N)CCc1nc2ccccc2s1. The zero-order valence-electron chi connectivity index (χ0n) is 7.66. The first kappa shape index (κ1) is 9.15. The highest BCUT2D eigenvalue weighted by Gasteiger charge is 2.02. The van der Waals surface area contributed by atoms with Crippen LogP contribution in [-0.2, 0) is 6.42 Å². The molecule has 0 aliphatic carbocycles. The molecule has 72 valence electrons. The van der Waals surface area contributed by atoms with Crippen molar-refractivity contribution in [3.05, 3.63) is 29.3 Å². The van der Waals surface area contributed by atoms with Crippen molar-refractivity contribution in [2.45, 2.75) is 12.8 Å². The van der Waals surface area contributed by atoms with Gasteiger partial charge in [0.2, 0.25) is 0 Å². The van der Waals surface area contributed by atoms with Crippen molar-refractivity contribution in [1.29, 1.82) is 5.41 Å². The molecule has 3 N–H and O–H groups in total. The molecule has 0 spiro atoms. The highest BCUT2D eigenvalue weighted by Crippen LogP contribution is 2.22. The Kier molecular flexibility index (Phi) is 2.45. The number of nitrogens with zero attached hydrogens (tertiary/aromatic N) is 1. The largest absolute Gasteiger partial charge is 0.388 e. The summed E-state index contributed by atoms with van der Waals surface area (Å²) in [4.78, 5) is 4.45. The lowest BCUT2D eigenvalue weighted by atomic mass is 10.3. The maximum Gasteiger partial charge on any atom is 0.0943 e. The van der Waals surface area contributed by atoms with Gasteiger partial charge in [0.1, 0.15) is 0 Å². The molecule has 0 aliphatic rings. The molecular weight excluding hydrogens is 194 g/mol. The van der Waals surface area contributed by atoms with Crippen molar-refractivity contribution >= 4 is 27.4 Å². The van der Waals surface area contributed by atoms with Crippen LogP contribution in [-0.4, -0.2) is 10.8 Å². The molecule has 0 atom stereocenters. The quantitative estimate of drug-likeness (QED) is 0.595. The minimum absolute atomic E-state index is 0.226.